The molecule has 1 fully saturated rings. The Bertz CT molecular complexity index is 436. The summed E-state index contributed by atoms with van der Waals surface area (Å²) in [6.45, 7) is 0.794. The smallest absolute Gasteiger partial charge is 0.238 e. The van der Waals surface area contributed by atoms with Crippen LogP contribution < -0.4 is 10.6 Å². The zero-order chi connectivity index (χ0) is 13.0. The van der Waals surface area contributed by atoms with E-state index in [1.807, 2.05) is 0 Å². The lowest BCUT2D eigenvalue weighted by atomic mass is 10.2. The topological polar surface area (TPSA) is 41.1 Å². The maximum atomic E-state index is 13.3. The van der Waals surface area contributed by atoms with Crippen LogP contribution in [0.2, 0.25) is 0 Å². The highest BCUT2D eigenvalue weighted by molar-refractivity contribution is 7.99. The van der Waals surface area contributed by atoms with Crippen LogP contribution >= 0.6 is 11.8 Å². The third-order valence-electron chi connectivity index (χ3n) is 2.70. The zero-order valence-electron chi connectivity index (χ0n) is 9.71. The number of hydrogen-bond donors (Lipinski definition) is 2. The van der Waals surface area contributed by atoms with E-state index in [1.165, 1.54) is 0 Å². The van der Waals surface area contributed by atoms with E-state index in [-0.39, 0.29) is 24.1 Å². The van der Waals surface area contributed by atoms with Gasteiger partial charge in [-0.25, -0.2) is 8.78 Å². The predicted molar refractivity (Wildman–Crippen MR) is 67.3 cm³/mol. The lowest BCUT2D eigenvalue weighted by Gasteiger charge is -2.22. The van der Waals surface area contributed by atoms with Crippen molar-refractivity contribution >= 4 is 17.7 Å². The standard InChI is InChI=1S/C12H14F2N2OS/c13-9-1-2-10(14)8(5-9)6-16-12(17)11-7-18-4-3-15-11/h1-2,5,11,15H,3-4,6-7H2,(H,16,17). The largest absolute Gasteiger partial charge is 0.351 e. The molecule has 1 saturated heterocycles. The van der Waals surface area contributed by atoms with Gasteiger partial charge >= 0.3 is 0 Å². The Labute approximate surface area is 108 Å². The van der Waals surface area contributed by atoms with Crippen molar-refractivity contribution in [1.29, 1.82) is 0 Å². The van der Waals surface area contributed by atoms with Crippen molar-refractivity contribution in [2.45, 2.75) is 12.6 Å². The first-order valence-corrected chi connectivity index (χ1v) is 6.85. The quantitative estimate of drug-likeness (QED) is 0.871. The van der Waals surface area contributed by atoms with Crippen molar-refractivity contribution in [3.8, 4) is 0 Å². The number of amides is 1. The highest BCUT2D eigenvalue weighted by Crippen LogP contribution is 2.10. The van der Waals surface area contributed by atoms with E-state index in [0.29, 0.717) is 5.75 Å². The summed E-state index contributed by atoms with van der Waals surface area (Å²) in [5, 5.41) is 5.70. The molecule has 1 atom stereocenters. The molecule has 0 aliphatic carbocycles. The average molecular weight is 272 g/mol. The summed E-state index contributed by atoms with van der Waals surface area (Å²) in [6, 6.07) is 2.96. The fourth-order valence-electron chi connectivity index (χ4n) is 1.72. The number of halogens is 2. The van der Waals surface area contributed by atoms with Crippen molar-refractivity contribution in [2.24, 2.45) is 0 Å². The Hall–Kier alpha value is -1.14. The van der Waals surface area contributed by atoms with Gasteiger partial charge < -0.3 is 10.6 Å². The number of hydrogen-bond acceptors (Lipinski definition) is 3. The van der Waals surface area contributed by atoms with E-state index in [9.17, 15) is 13.6 Å². The van der Waals surface area contributed by atoms with Crippen LogP contribution in [0.3, 0.4) is 0 Å². The number of carbonyl (C=O) groups is 1. The normalized spacial score (nSPS) is 19.6. The van der Waals surface area contributed by atoms with Crippen molar-refractivity contribution < 1.29 is 13.6 Å². The lowest BCUT2D eigenvalue weighted by molar-refractivity contribution is -0.122. The maximum Gasteiger partial charge on any atom is 0.238 e. The summed E-state index contributed by atoms with van der Waals surface area (Å²) >= 11 is 1.70. The molecule has 0 spiro atoms. The van der Waals surface area contributed by atoms with Gasteiger partial charge in [-0.15, -0.1) is 0 Å². The third-order valence-corrected chi connectivity index (χ3v) is 3.76. The van der Waals surface area contributed by atoms with Crippen molar-refractivity contribution in [3.63, 3.8) is 0 Å². The first kappa shape index (κ1) is 13.3. The Morgan fingerprint density at radius 2 is 2.33 bits per heavy atom. The number of rotatable bonds is 3. The average Bonchev–Trinajstić information content (AvgIpc) is 2.40. The van der Waals surface area contributed by atoms with Crippen LogP contribution in [0, 0.1) is 11.6 Å². The molecule has 0 aromatic heterocycles. The first-order chi connectivity index (χ1) is 8.66. The lowest BCUT2D eigenvalue weighted by Crippen LogP contribution is -2.48. The summed E-state index contributed by atoms with van der Waals surface area (Å²) in [5.41, 5.74) is 0.159. The zero-order valence-corrected chi connectivity index (χ0v) is 10.5. The van der Waals surface area contributed by atoms with Crippen LogP contribution in [0.5, 0.6) is 0 Å². The van der Waals surface area contributed by atoms with Crippen LogP contribution in [0.4, 0.5) is 8.78 Å². The van der Waals surface area contributed by atoms with Gasteiger partial charge in [0.1, 0.15) is 11.6 Å². The molecule has 98 valence electrons. The van der Waals surface area contributed by atoms with Crippen LogP contribution in [0.15, 0.2) is 18.2 Å². The molecular weight excluding hydrogens is 258 g/mol. The second-order valence-corrected chi connectivity index (χ2v) is 5.18. The maximum absolute atomic E-state index is 13.3. The van der Waals surface area contributed by atoms with Crippen LogP contribution in [-0.2, 0) is 11.3 Å². The van der Waals surface area contributed by atoms with Crippen molar-refractivity contribution in [1.82, 2.24) is 10.6 Å². The van der Waals surface area contributed by atoms with Gasteiger partial charge in [-0.2, -0.15) is 11.8 Å². The molecule has 18 heavy (non-hydrogen) atoms. The molecule has 1 aliphatic heterocycles. The number of carbonyl (C=O) groups excluding carboxylic acids is 1. The molecule has 0 saturated carbocycles. The van der Waals surface area contributed by atoms with Gasteiger partial charge in [0.05, 0.1) is 6.04 Å². The summed E-state index contributed by atoms with van der Waals surface area (Å²) in [4.78, 5) is 11.8. The molecule has 3 nitrogen and oxygen atoms in total. The van der Waals surface area contributed by atoms with E-state index in [2.05, 4.69) is 10.6 Å². The Morgan fingerprint density at radius 3 is 3.06 bits per heavy atom. The van der Waals surface area contributed by atoms with Gasteiger partial charge in [0.15, 0.2) is 0 Å². The van der Waals surface area contributed by atoms with E-state index < -0.39 is 11.6 Å². The molecule has 0 radical (unpaired) electrons. The molecule has 1 aromatic rings. The molecule has 2 N–H and O–H groups in total. The van der Waals surface area contributed by atoms with Gasteiger partial charge in [0.2, 0.25) is 5.91 Å². The molecule has 1 amide bonds. The molecule has 0 bridgehead atoms. The predicted octanol–water partition coefficient (Wildman–Crippen LogP) is 1.29. The second-order valence-electron chi connectivity index (χ2n) is 4.04. The third kappa shape index (κ3) is 3.43. The van der Waals surface area contributed by atoms with Gasteiger partial charge in [-0.3, -0.25) is 4.79 Å². The second kappa shape index (κ2) is 6.15. The fourth-order valence-corrected chi connectivity index (χ4v) is 2.65. The SMILES string of the molecule is O=C(NCc1cc(F)ccc1F)C1CSCCN1. The molecular formula is C12H14F2N2OS. The summed E-state index contributed by atoms with van der Waals surface area (Å²) in [5.74, 6) is 0.500. The van der Waals surface area contributed by atoms with Gasteiger partial charge in [-0.1, -0.05) is 0 Å². The Kier molecular flexibility index (Phi) is 4.54. The molecule has 6 heteroatoms. The summed E-state index contributed by atoms with van der Waals surface area (Å²) in [7, 11) is 0. The monoisotopic (exact) mass is 272 g/mol. The molecule has 1 aromatic carbocycles. The number of thioether (sulfide) groups is 1. The number of nitrogens with one attached hydrogen (secondary N) is 2. The fraction of sp³-hybridized carbons (Fsp3) is 0.417. The first-order valence-electron chi connectivity index (χ1n) is 5.69. The van der Waals surface area contributed by atoms with E-state index in [0.717, 1.165) is 30.5 Å². The van der Waals surface area contributed by atoms with E-state index >= 15 is 0 Å². The highest BCUT2D eigenvalue weighted by Gasteiger charge is 2.20. The minimum absolute atomic E-state index is 0.00523. The molecule has 1 heterocycles. The Morgan fingerprint density at radius 1 is 1.50 bits per heavy atom. The molecule has 2 rings (SSSR count). The van der Waals surface area contributed by atoms with Crippen LogP contribution in [0.25, 0.3) is 0 Å². The number of benzene rings is 1. The summed E-state index contributed by atoms with van der Waals surface area (Å²) in [6.07, 6.45) is 0. The minimum Gasteiger partial charge on any atom is -0.351 e. The summed E-state index contributed by atoms with van der Waals surface area (Å²) < 4.78 is 26.3. The van der Waals surface area contributed by atoms with Gasteiger partial charge in [-0.05, 0) is 18.2 Å². The van der Waals surface area contributed by atoms with Gasteiger partial charge in [0, 0.05) is 30.2 Å². The van der Waals surface area contributed by atoms with E-state index in [1.54, 1.807) is 11.8 Å². The van der Waals surface area contributed by atoms with Crippen LogP contribution in [0.1, 0.15) is 5.56 Å². The minimum atomic E-state index is -0.511. The highest BCUT2D eigenvalue weighted by atomic mass is 32.2. The van der Waals surface area contributed by atoms with Crippen LogP contribution in [-0.4, -0.2) is 30.0 Å². The molecule has 1 unspecified atom stereocenters. The van der Waals surface area contributed by atoms with Gasteiger partial charge in [0.25, 0.3) is 0 Å². The van der Waals surface area contributed by atoms with E-state index in [4.69, 9.17) is 0 Å². The van der Waals surface area contributed by atoms with Crippen molar-refractivity contribution in [3.05, 3.63) is 35.4 Å². The Balaban J connectivity index is 1.90. The van der Waals surface area contributed by atoms with Crippen molar-refractivity contribution in [2.75, 3.05) is 18.1 Å². The molecule has 1 aliphatic rings.